The summed E-state index contributed by atoms with van der Waals surface area (Å²) in [5, 5.41) is 0. The summed E-state index contributed by atoms with van der Waals surface area (Å²) in [5.74, 6) is 0.789. The van der Waals surface area contributed by atoms with Crippen LogP contribution in [0.3, 0.4) is 0 Å². The zero-order valence-electron chi connectivity index (χ0n) is 11.4. The molecule has 1 amide bonds. The predicted molar refractivity (Wildman–Crippen MR) is 74.3 cm³/mol. The van der Waals surface area contributed by atoms with E-state index in [9.17, 15) is 4.79 Å². The fourth-order valence-corrected chi connectivity index (χ4v) is 2.62. The lowest BCUT2D eigenvalue weighted by atomic mass is 10.2. The quantitative estimate of drug-likeness (QED) is 0.807. The van der Waals surface area contributed by atoms with E-state index >= 15 is 0 Å². The van der Waals surface area contributed by atoms with Crippen LogP contribution in [0.4, 0.5) is 0 Å². The summed E-state index contributed by atoms with van der Waals surface area (Å²) in [6.07, 6.45) is 0. The second-order valence-electron chi connectivity index (χ2n) is 5.64. The number of nitrogens with two attached hydrogens (primary N) is 1. The molecule has 0 radical (unpaired) electrons. The highest BCUT2D eigenvalue weighted by Gasteiger charge is 2.28. The van der Waals surface area contributed by atoms with Gasteiger partial charge in [0.15, 0.2) is 0 Å². The second kappa shape index (κ2) is 6.07. The van der Waals surface area contributed by atoms with Crippen LogP contribution >= 0.6 is 11.8 Å². The summed E-state index contributed by atoms with van der Waals surface area (Å²) in [6, 6.07) is 0.182. The van der Waals surface area contributed by atoms with E-state index in [1.807, 2.05) is 4.90 Å². The van der Waals surface area contributed by atoms with Gasteiger partial charge in [-0.25, -0.2) is 0 Å². The average Bonchev–Trinajstić information content (AvgIpc) is 2.24. The Hall–Kier alpha value is -0.260. The van der Waals surface area contributed by atoms with Crippen molar-refractivity contribution < 1.29 is 4.79 Å². The normalized spacial score (nSPS) is 22.9. The largest absolute Gasteiger partial charge is 0.335 e. The molecule has 1 aliphatic heterocycles. The van der Waals surface area contributed by atoms with Gasteiger partial charge in [0.25, 0.3) is 0 Å². The van der Waals surface area contributed by atoms with Crippen molar-refractivity contribution in [3.05, 3.63) is 0 Å². The molecule has 100 valence electrons. The maximum Gasteiger partial charge on any atom is 0.232 e. The lowest BCUT2D eigenvalue weighted by molar-refractivity contribution is -0.132. The molecule has 17 heavy (non-hydrogen) atoms. The van der Waals surface area contributed by atoms with E-state index in [0.717, 1.165) is 19.6 Å². The average molecular weight is 259 g/mol. The van der Waals surface area contributed by atoms with Gasteiger partial charge in [-0.3, -0.25) is 4.79 Å². The number of rotatable bonds is 3. The lowest BCUT2D eigenvalue weighted by Crippen LogP contribution is -2.57. The van der Waals surface area contributed by atoms with Gasteiger partial charge in [0.2, 0.25) is 5.91 Å². The number of amides is 1. The molecule has 0 spiro atoms. The molecule has 0 aromatic rings. The Morgan fingerprint density at radius 1 is 1.41 bits per heavy atom. The molecule has 1 fully saturated rings. The van der Waals surface area contributed by atoms with Crippen LogP contribution in [0, 0.1) is 0 Å². The first-order chi connectivity index (χ1) is 7.83. The van der Waals surface area contributed by atoms with Crippen LogP contribution in [0.25, 0.3) is 0 Å². The molecule has 1 saturated heterocycles. The minimum absolute atomic E-state index is 0.139. The predicted octanol–water partition coefficient (Wildman–Crippen LogP) is 0.619. The molecule has 0 aromatic heterocycles. The highest BCUT2D eigenvalue weighted by molar-refractivity contribution is 8.01. The van der Waals surface area contributed by atoms with Gasteiger partial charge in [0.05, 0.1) is 11.8 Å². The molecule has 1 aliphatic rings. The molecule has 5 heteroatoms. The fraction of sp³-hybridized carbons (Fsp3) is 0.917. The van der Waals surface area contributed by atoms with E-state index in [4.69, 9.17) is 5.73 Å². The van der Waals surface area contributed by atoms with Gasteiger partial charge in [0, 0.05) is 30.9 Å². The van der Waals surface area contributed by atoms with Crippen LogP contribution in [-0.2, 0) is 4.79 Å². The summed E-state index contributed by atoms with van der Waals surface area (Å²) in [6.45, 7) is 9.60. The zero-order valence-corrected chi connectivity index (χ0v) is 12.2. The Morgan fingerprint density at radius 2 is 2.06 bits per heavy atom. The van der Waals surface area contributed by atoms with Gasteiger partial charge in [-0.15, -0.1) is 11.8 Å². The van der Waals surface area contributed by atoms with Crippen molar-refractivity contribution in [2.24, 2.45) is 5.73 Å². The number of nitrogens with zero attached hydrogens (tertiary/aromatic N) is 2. The number of piperazine rings is 1. The molecule has 0 saturated carbocycles. The molecular formula is C12H25N3OS. The number of hydrogen-bond donors (Lipinski definition) is 1. The first kappa shape index (κ1) is 14.8. The van der Waals surface area contributed by atoms with Crippen LogP contribution in [-0.4, -0.2) is 65.5 Å². The van der Waals surface area contributed by atoms with Crippen LogP contribution in [0.15, 0.2) is 0 Å². The van der Waals surface area contributed by atoms with Gasteiger partial charge in [-0.2, -0.15) is 0 Å². The van der Waals surface area contributed by atoms with Crippen LogP contribution < -0.4 is 5.73 Å². The SMILES string of the molecule is CN1CCN(C(=O)CSC(C)(C)C)C(CN)C1. The molecule has 1 heterocycles. The topological polar surface area (TPSA) is 49.6 Å². The standard InChI is InChI=1S/C12H25N3OS/c1-12(2,3)17-9-11(16)15-6-5-14(4)8-10(15)7-13/h10H,5-9,13H2,1-4H3. The first-order valence-corrected chi connectivity index (χ1v) is 7.14. The van der Waals surface area contributed by atoms with Crippen LogP contribution in [0.5, 0.6) is 0 Å². The number of hydrogen-bond acceptors (Lipinski definition) is 4. The van der Waals surface area contributed by atoms with Gasteiger partial charge in [-0.1, -0.05) is 20.8 Å². The van der Waals surface area contributed by atoms with E-state index < -0.39 is 0 Å². The summed E-state index contributed by atoms with van der Waals surface area (Å²) >= 11 is 1.70. The Kier molecular flexibility index (Phi) is 5.28. The second-order valence-corrected chi connectivity index (χ2v) is 7.44. The van der Waals surface area contributed by atoms with E-state index in [-0.39, 0.29) is 16.7 Å². The summed E-state index contributed by atoms with van der Waals surface area (Å²) in [7, 11) is 2.08. The zero-order chi connectivity index (χ0) is 13.1. The van der Waals surface area contributed by atoms with E-state index in [1.165, 1.54) is 0 Å². The van der Waals surface area contributed by atoms with Gasteiger partial charge in [-0.05, 0) is 7.05 Å². The maximum atomic E-state index is 12.2. The Labute approximate surface area is 109 Å². The van der Waals surface area contributed by atoms with E-state index in [1.54, 1.807) is 11.8 Å². The highest BCUT2D eigenvalue weighted by atomic mass is 32.2. The fourth-order valence-electron chi connectivity index (χ4n) is 1.90. The summed E-state index contributed by atoms with van der Waals surface area (Å²) in [4.78, 5) is 16.3. The number of carbonyl (C=O) groups is 1. The summed E-state index contributed by atoms with van der Waals surface area (Å²) < 4.78 is 0.139. The number of thioether (sulfide) groups is 1. The summed E-state index contributed by atoms with van der Waals surface area (Å²) in [5.41, 5.74) is 5.75. The molecule has 2 N–H and O–H groups in total. The van der Waals surface area contributed by atoms with E-state index in [2.05, 4.69) is 32.7 Å². The first-order valence-electron chi connectivity index (χ1n) is 6.15. The van der Waals surface area contributed by atoms with Crippen molar-refractivity contribution in [3.8, 4) is 0 Å². The number of likely N-dealkylation sites (N-methyl/N-ethyl adjacent to an activating group) is 1. The van der Waals surface area contributed by atoms with Crippen molar-refractivity contribution in [3.63, 3.8) is 0 Å². The van der Waals surface area contributed by atoms with Gasteiger partial charge >= 0.3 is 0 Å². The number of carbonyl (C=O) groups excluding carboxylic acids is 1. The molecule has 4 nitrogen and oxygen atoms in total. The third kappa shape index (κ3) is 4.85. The minimum atomic E-state index is 0.139. The van der Waals surface area contributed by atoms with Gasteiger partial charge in [0.1, 0.15) is 0 Å². The Morgan fingerprint density at radius 3 is 2.59 bits per heavy atom. The molecule has 1 unspecified atom stereocenters. The third-order valence-electron chi connectivity index (χ3n) is 2.91. The lowest BCUT2D eigenvalue weighted by Gasteiger charge is -2.39. The van der Waals surface area contributed by atoms with Crippen molar-refractivity contribution in [2.45, 2.75) is 31.6 Å². The molecular weight excluding hydrogens is 234 g/mol. The third-order valence-corrected chi connectivity index (χ3v) is 4.16. The maximum absolute atomic E-state index is 12.2. The van der Waals surface area contributed by atoms with Crippen LogP contribution in [0.2, 0.25) is 0 Å². The van der Waals surface area contributed by atoms with Gasteiger partial charge < -0.3 is 15.5 Å². The minimum Gasteiger partial charge on any atom is -0.335 e. The van der Waals surface area contributed by atoms with Crippen molar-refractivity contribution in [1.29, 1.82) is 0 Å². The van der Waals surface area contributed by atoms with E-state index in [0.29, 0.717) is 12.3 Å². The molecule has 0 bridgehead atoms. The Balaban J connectivity index is 2.50. The van der Waals surface area contributed by atoms with Crippen molar-refractivity contribution in [1.82, 2.24) is 9.80 Å². The Bertz CT molecular complexity index is 265. The monoisotopic (exact) mass is 259 g/mol. The molecule has 0 aromatic carbocycles. The molecule has 1 rings (SSSR count). The van der Waals surface area contributed by atoms with Crippen molar-refractivity contribution >= 4 is 17.7 Å². The molecule has 0 aliphatic carbocycles. The highest BCUT2D eigenvalue weighted by Crippen LogP contribution is 2.23. The smallest absolute Gasteiger partial charge is 0.232 e. The molecule has 1 atom stereocenters. The van der Waals surface area contributed by atoms with Crippen molar-refractivity contribution in [2.75, 3.05) is 39.0 Å². The van der Waals surface area contributed by atoms with Crippen LogP contribution in [0.1, 0.15) is 20.8 Å².